The van der Waals surface area contributed by atoms with E-state index in [4.69, 9.17) is 0 Å². The van der Waals surface area contributed by atoms with Gasteiger partial charge in [-0.2, -0.15) is 18.4 Å². The van der Waals surface area contributed by atoms with Crippen molar-refractivity contribution in [1.29, 1.82) is 5.26 Å². The summed E-state index contributed by atoms with van der Waals surface area (Å²) >= 11 is 0. The van der Waals surface area contributed by atoms with E-state index in [0.717, 1.165) is 38.2 Å². The molecule has 0 unspecified atom stereocenters. The first-order chi connectivity index (χ1) is 14.4. The molecule has 10 heteroatoms. The first-order valence-corrected chi connectivity index (χ1v) is 9.66. The van der Waals surface area contributed by atoms with Gasteiger partial charge in [0.1, 0.15) is 11.7 Å². The second-order valence-electron chi connectivity index (χ2n) is 7.41. The number of nitrogens with zero attached hydrogens (tertiary/aromatic N) is 4. The van der Waals surface area contributed by atoms with Gasteiger partial charge in [0.2, 0.25) is 5.95 Å². The van der Waals surface area contributed by atoms with Gasteiger partial charge in [0.15, 0.2) is 0 Å². The molecule has 1 aliphatic heterocycles. The van der Waals surface area contributed by atoms with Crippen molar-refractivity contribution in [2.75, 3.05) is 18.4 Å². The van der Waals surface area contributed by atoms with Crippen LogP contribution in [0, 0.1) is 17.2 Å². The SMILES string of the molecule is C[C@@H](Nc1ncc(C#N)c(-c2c[nH]c3ncc(C(F)(F)F)cc23)n1)C1CCNCC1. The van der Waals surface area contributed by atoms with Crippen LogP contribution < -0.4 is 10.6 Å². The molecule has 3 aromatic heterocycles. The quantitative estimate of drug-likeness (QED) is 0.600. The van der Waals surface area contributed by atoms with Crippen molar-refractivity contribution < 1.29 is 13.2 Å². The molecular weight excluding hydrogens is 395 g/mol. The number of nitriles is 1. The van der Waals surface area contributed by atoms with Gasteiger partial charge in [-0.15, -0.1) is 0 Å². The lowest BCUT2D eigenvalue weighted by Crippen LogP contribution is -2.36. The number of alkyl halides is 3. The van der Waals surface area contributed by atoms with Crippen molar-refractivity contribution in [3.63, 3.8) is 0 Å². The van der Waals surface area contributed by atoms with E-state index in [1.165, 1.54) is 12.4 Å². The molecule has 156 valence electrons. The zero-order valence-electron chi connectivity index (χ0n) is 16.2. The Morgan fingerprint density at radius 3 is 2.70 bits per heavy atom. The molecule has 0 amide bonds. The third-order valence-electron chi connectivity index (χ3n) is 5.47. The van der Waals surface area contributed by atoms with Gasteiger partial charge in [0.05, 0.1) is 23.0 Å². The van der Waals surface area contributed by atoms with Gasteiger partial charge >= 0.3 is 6.18 Å². The van der Waals surface area contributed by atoms with E-state index < -0.39 is 11.7 Å². The molecule has 1 saturated heterocycles. The number of aromatic amines is 1. The fraction of sp³-hybridized carbons (Fsp3) is 0.400. The highest BCUT2D eigenvalue weighted by Crippen LogP contribution is 2.34. The van der Waals surface area contributed by atoms with Crippen LogP contribution in [-0.4, -0.2) is 39.1 Å². The molecule has 30 heavy (non-hydrogen) atoms. The van der Waals surface area contributed by atoms with Gasteiger partial charge in [-0.1, -0.05) is 0 Å². The van der Waals surface area contributed by atoms with Crippen LogP contribution in [0.4, 0.5) is 19.1 Å². The van der Waals surface area contributed by atoms with Crippen LogP contribution in [0.3, 0.4) is 0 Å². The number of H-pyrrole nitrogens is 1. The first-order valence-electron chi connectivity index (χ1n) is 9.66. The minimum Gasteiger partial charge on any atom is -0.351 e. The first kappa shape index (κ1) is 20.1. The fourth-order valence-corrected chi connectivity index (χ4v) is 3.76. The third-order valence-corrected chi connectivity index (χ3v) is 5.47. The van der Waals surface area contributed by atoms with Crippen LogP contribution in [0.25, 0.3) is 22.3 Å². The molecule has 0 radical (unpaired) electrons. The van der Waals surface area contributed by atoms with Gasteiger partial charge in [-0.25, -0.2) is 15.0 Å². The van der Waals surface area contributed by atoms with Crippen LogP contribution in [-0.2, 0) is 6.18 Å². The molecule has 4 heterocycles. The highest BCUT2D eigenvalue weighted by atomic mass is 19.4. The lowest BCUT2D eigenvalue weighted by molar-refractivity contribution is -0.137. The lowest BCUT2D eigenvalue weighted by atomic mass is 9.91. The largest absolute Gasteiger partial charge is 0.417 e. The predicted octanol–water partition coefficient (Wildman–Crippen LogP) is 3.71. The molecule has 0 aromatic carbocycles. The Hall–Kier alpha value is -3.19. The summed E-state index contributed by atoms with van der Waals surface area (Å²) < 4.78 is 39.4. The van der Waals surface area contributed by atoms with Gasteiger partial charge in [-0.3, -0.25) is 0 Å². The van der Waals surface area contributed by atoms with Crippen LogP contribution in [0.15, 0.2) is 24.7 Å². The van der Waals surface area contributed by atoms with Gasteiger partial charge in [-0.05, 0) is 44.8 Å². The zero-order chi connectivity index (χ0) is 21.3. The maximum absolute atomic E-state index is 13.1. The standard InChI is InChI=1S/C20H20F3N7/c1-11(12-2-4-25-5-3-12)29-19-28-8-13(7-24)17(30-19)16-10-27-18-15(16)6-14(9-26-18)20(21,22)23/h6,8-12,25H,2-5H2,1H3,(H,26,27)(H,28,29,30)/t11-/m1/s1. The number of nitrogens with one attached hydrogen (secondary N) is 3. The third kappa shape index (κ3) is 3.93. The molecule has 0 bridgehead atoms. The minimum atomic E-state index is -4.52. The monoisotopic (exact) mass is 415 g/mol. The van der Waals surface area contributed by atoms with Crippen molar-refractivity contribution in [2.45, 2.75) is 32.0 Å². The van der Waals surface area contributed by atoms with E-state index >= 15 is 0 Å². The van der Waals surface area contributed by atoms with Crippen molar-refractivity contribution >= 4 is 17.0 Å². The van der Waals surface area contributed by atoms with Gasteiger partial charge < -0.3 is 15.6 Å². The van der Waals surface area contributed by atoms with Crippen LogP contribution in [0.2, 0.25) is 0 Å². The Labute approximate surface area is 170 Å². The maximum Gasteiger partial charge on any atom is 0.417 e. The molecular formula is C20H20F3N7. The second-order valence-corrected chi connectivity index (χ2v) is 7.41. The average Bonchev–Trinajstić information content (AvgIpc) is 3.17. The Morgan fingerprint density at radius 2 is 2.00 bits per heavy atom. The average molecular weight is 415 g/mol. The molecule has 1 atom stereocenters. The molecule has 7 nitrogen and oxygen atoms in total. The number of fused-ring (bicyclic) bond motifs is 1. The molecule has 1 fully saturated rings. The predicted molar refractivity (Wildman–Crippen MR) is 106 cm³/mol. The summed E-state index contributed by atoms with van der Waals surface area (Å²) in [5, 5.41) is 16.3. The highest BCUT2D eigenvalue weighted by molar-refractivity contribution is 5.94. The summed E-state index contributed by atoms with van der Waals surface area (Å²) in [6.07, 6.45) is 1.23. The van der Waals surface area contributed by atoms with Gasteiger partial charge in [0, 0.05) is 29.4 Å². The molecule has 3 N–H and O–H groups in total. The van der Waals surface area contributed by atoms with Crippen molar-refractivity contribution in [3.8, 4) is 17.3 Å². The molecule has 1 aliphatic rings. The van der Waals surface area contributed by atoms with E-state index in [2.05, 4.69) is 37.5 Å². The summed E-state index contributed by atoms with van der Waals surface area (Å²) in [4.78, 5) is 15.4. The molecule has 0 saturated carbocycles. The number of hydrogen-bond donors (Lipinski definition) is 3. The molecule has 0 aliphatic carbocycles. The summed E-state index contributed by atoms with van der Waals surface area (Å²) in [6, 6.07) is 3.16. The minimum absolute atomic E-state index is 0.120. The number of rotatable bonds is 4. The number of halogens is 3. The molecule has 0 spiro atoms. The zero-order valence-corrected chi connectivity index (χ0v) is 16.2. The normalized spacial score (nSPS) is 16.4. The van der Waals surface area contributed by atoms with Gasteiger partial charge in [0.25, 0.3) is 0 Å². The van der Waals surface area contributed by atoms with Crippen LogP contribution >= 0.6 is 0 Å². The molecule has 3 aromatic rings. The summed E-state index contributed by atoms with van der Waals surface area (Å²) in [7, 11) is 0. The Kier molecular flexibility index (Phi) is 5.30. The lowest BCUT2D eigenvalue weighted by Gasteiger charge is -2.28. The van der Waals surface area contributed by atoms with Crippen molar-refractivity contribution in [3.05, 3.63) is 35.8 Å². The Balaban J connectivity index is 1.71. The summed E-state index contributed by atoms with van der Waals surface area (Å²) in [5.41, 5.74) is 0.243. The van der Waals surface area contributed by atoms with Crippen molar-refractivity contribution in [1.82, 2.24) is 25.3 Å². The Bertz CT molecular complexity index is 1090. The fourth-order valence-electron chi connectivity index (χ4n) is 3.76. The maximum atomic E-state index is 13.1. The number of anilines is 1. The molecule has 4 rings (SSSR count). The van der Waals surface area contributed by atoms with E-state index in [1.807, 2.05) is 6.07 Å². The van der Waals surface area contributed by atoms with E-state index in [9.17, 15) is 18.4 Å². The Morgan fingerprint density at radius 1 is 1.23 bits per heavy atom. The summed E-state index contributed by atoms with van der Waals surface area (Å²) in [6.45, 7) is 3.97. The van der Waals surface area contributed by atoms with E-state index in [-0.39, 0.29) is 28.3 Å². The number of aromatic nitrogens is 4. The van der Waals surface area contributed by atoms with E-state index in [0.29, 0.717) is 17.4 Å². The number of pyridine rings is 1. The number of hydrogen-bond acceptors (Lipinski definition) is 6. The van der Waals surface area contributed by atoms with Crippen LogP contribution in [0.1, 0.15) is 30.9 Å². The number of piperidine rings is 1. The van der Waals surface area contributed by atoms with Crippen LogP contribution in [0.5, 0.6) is 0 Å². The highest BCUT2D eigenvalue weighted by Gasteiger charge is 2.32. The second kappa shape index (κ2) is 7.91. The summed E-state index contributed by atoms with van der Waals surface area (Å²) in [5.74, 6) is 0.796. The van der Waals surface area contributed by atoms with E-state index in [1.54, 1.807) is 0 Å². The topological polar surface area (TPSA) is 102 Å². The van der Waals surface area contributed by atoms with Crippen molar-refractivity contribution in [2.24, 2.45) is 5.92 Å². The smallest absolute Gasteiger partial charge is 0.351 e.